The molecule has 0 radical (unpaired) electrons. The Labute approximate surface area is 233 Å². The van der Waals surface area contributed by atoms with Crippen LogP contribution in [-0.2, 0) is 16.0 Å². The van der Waals surface area contributed by atoms with Gasteiger partial charge in [0.15, 0.2) is 6.10 Å². The van der Waals surface area contributed by atoms with Gasteiger partial charge in [-0.3, -0.25) is 4.79 Å². The first-order valence-corrected chi connectivity index (χ1v) is 13.1. The van der Waals surface area contributed by atoms with Crippen molar-refractivity contribution in [3.05, 3.63) is 119 Å². The van der Waals surface area contributed by atoms with Crippen molar-refractivity contribution in [2.24, 2.45) is 0 Å². The maximum absolute atomic E-state index is 12.5. The molecule has 0 heterocycles. The maximum Gasteiger partial charge on any atom is 0.347 e. The maximum atomic E-state index is 12.5. The fourth-order valence-electron chi connectivity index (χ4n) is 3.90. The van der Waals surface area contributed by atoms with Crippen LogP contribution in [0.1, 0.15) is 22.8 Å². The minimum Gasteiger partial charge on any atom is -0.492 e. The molecular weight excluding hydrogens is 514 g/mol. The summed E-state index contributed by atoms with van der Waals surface area (Å²) < 4.78 is 16.8. The zero-order chi connectivity index (χ0) is 27.5. The molecule has 0 fully saturated rings. The van der Waals surface area contributed by atoms with Crippen molar-refractivity contribution in [1.82, 2.24) is 5.32 Å². The number of halogens is 1. The van der Waals surface area contributed by atoms with E-state index in [1.807, 2.05) is 78.9 Å². The highest BCUT2D eigenvalue weighted by atomic mass is 35.5. The number of hydrogen-bond donors (Lipinski definition) is 1. The summed E-state index contributed by atoms with van der Waals surface area (Å²) in [6.07, 6.45) is -0.393. The molecule has 4 aromatic rings. The monoisotopic (exact) mass is 543 g/mol. The van der Waals surface area contributed by atoms with E-state index in [0.717, 1.165) is 16.7 Å². The Morgan fingerprint density at radius 3 is 2.08 bits per heavy atom. The number of rotatable bonds is 12. The third kappa shape index (κ3) is 8.35. The summed E-state index contributed by atoms with van der Waals surface area (Å²) in [6.45, 7) is 2.72. The minimum absolute atomic E-state index is 0.167. The molecule has 0 aromatic heterocycles. The van der Waals surface area contributed by atoms with Crippen molar-refractivity contribution < 1.29 is 23.8 Å². The van der Waals surface area contributed by atoms with E-state index in [1.165, 1.54) is 0 Å². The number of nitrogens with one attached hydrogen (secondary N) is 1. The first kappa shape index (κ1) is 27.7. The van der Waals surface area contributed by atoms with Crippen LogP contribution in [0.5, 0.6) is 11.5 Å². The second-order valence-electron chi connectivity index (χ2n) is 8.71. The predicted molar refractivity (Wildman–Crippen MR) is 152 cm³/mol. The summed E-state index contributed by atoms with van der Waals surface area (Å²) in [5.74, 6) is 0.698. The first-order valence-electron chi connectivity index (χ1n) is 12.8. The molecule has 7 heteroatoms. The molecule has 0 saturated heterocycles. The van der Waals surface area contributed by atoms with Crippen LogP contribution >= 0.6 is 11.6 Å². The van der Waals surface area contributed by atoms with Crippen LogP contribution in [0.4, 0.5) is 0 Å². The number of hydrogen-bond acceptors (Lipinski definition) is 5. The molecule has 4 rings (SSSR count). The summed E-state index contributed by atoms with van der Waals surface area (Å²) in [5, 5.41) is 3.56. The topological polar surface area (TPSA) is 73.9 Å². The first-order chi connectivity index (χ1) is 19.0. The molecule has 0 spiro atoms. The van der Waals surface area contributed by atoms with Crippen LogP contribution in [0.25, 0.3) is 11.1 Å². The third-order valence-electron chi connectivity index (χ3n) is 5.90. The smallest absolute Gasteiger partial charge is 0.347 e. The highest BCUT2D eigenvalue weighted by Crippen LogP contribution is 2.22. The lowest BCUT2D eigenvalue weighted by Gasteiger charge is -2.18. The van der Waals surface area contributed by atoms with E-state index >= 15 is 0 Å². The molecule has 1 N–H and O–H groups in total. The van der Waals surface area contributed by atoms with E-state index in [2.05, 4.69) is 5.32 Å². The Morgan fingerprint density at radius 1 is 0.795 bits per heavy atom. The number of ether oxygens (including phenoxy) is 3. The van der Waals surface area contributed by atoms with Crippen molar-refractivity contribution in [1.29, 1.82) is 0 Å². The van der Waals surface area contributed by atoms with Gasteiger partial charge in [0.05, 0.1) is 13.2 Å². The highest BCUT2D eigenvalue weighted by molar-refractivity contribution is 6.30. The molecule has 0 aliphatic carbocycles. The molecule has 200 valence electrons. The van der Waals surface area contributed by atoms with Crippen molar-refractivity contribution >= 4 is 23.5 Å². The quantitative estimate of drug-likeness (QED) is 0.166. The van der Waals surface area contributed by atoms with Crippen LogP contribution in [0.2, 0.25) is 5.02 Å². The average molecular weight is 544 g/mol. The molecular formula is C32H30ClNO5. The molecule has 6 nitrogen and oxygen atoms in total. The van der Waals surface area contributed by atoms with Gasteiger partial charge in [0, 0.05) is 17.0 Å². The lowest BCUT2D eigenvalue weighted by Crippen LogP contribution is -2.31. The van der Waals surface area contributed by atoms with Crippen LogP contribution in [-0.4, -0.2) is 37.7 Å². The molecule has 0 aliphatic heterocycles. The summed E-state index contributed by atoms with van der Waals surface area (Å²) in [5.41, 5.74) is 3.53. The second-order valence-corrected chi connectivity index (χ2v) is 9.14. The van der Waals surface area contributed by atoms with Crippen molar-refractivity contribution in [2.45, 2.75) is 19.4 Å². The summed E-state index contributed by atoms with van der Waals surface area (Å²) >= 11 is 5.95. The molecule has 0 saturated carbocycles. The van der Waals surface area contributed by atoms with E-state index in [4.69, 9.17) is 25.8 Å². The van der Waals surface area contributed by atoms with Crippen LogP contribution in [0.3, 0.4) is 0 Å². The Bertz CT molecular complexity index is 1340. The number of carbonyl (C=O) groups excluding carboxylic acids is 2. The van der Waals surface area contributed by atoms with Gasteiger partial charge in [-0.05, 0) is 72.1 Å². The van der Waals surface area contributed by atoms with Gasteiger partial charge in [0.25, 0.3) is 5.91 Å². The molecule has 0 bridgehead atoms. The van der Waals surface area contributed by atoms with E-state index in [9.17, 15) is 9.59 Å². The highest BCUT2D eigenvalue weighted by Gasteiger charge is 2.22. The fraction of sp³-hybridized carbons (Fsp3) is 0.188. The lowest BCUT2D eigenvalue weighted by atomic mass is 10.0. The molecule has 39 heavy (non-hydrogen) atoms. The van der Waals surface area contributed by atoms with Gasteiger partial charge in [-0.25, -0.2) is 4.79 Å². The van der Waals surface area contributed by atoms with Gasteiger partial charge in [-0.2, -0.15) is 0 Å². The van der Waals surface area contributed by atoms with Gasteiger partial charge in [-0.15, -0.1) is 0 Å². The number of para-hydroxylation sites is 1. The van der Waals surface area contributed by atoms with Crippen LogP contribution in [0.15, 0.2) is 103 Å². The van der Waals surface area contributed by atoms with Gasteiger partial charge < -0.3 is 19.5 Å². The van der Waals surface area contributed by atoms with Crippen LogP contribution in [0, 0.1) is 0 Å². The Hall–Kier alpha value is -4.29. The lowest BCUT2D eigenvalue weighted by molar-refractivity contribution is -0.151. The summed E-state index contributed by atoms with van der Waals surface area (Å²) in [7, 11) is 0. The molecule has 4 aromatic carbocycles. The Kier molecular flexibility index (Phi) is 9.98. The van der Waals surface area contributed by atoms with Crippen LogP contribution < -0.4 is 14.8 Å². The molecule has 1 amide bonds. The van der Waals surface area contributed by atoms with Gasteiger partial charge >= 0.3 is 5.97 Å². The Balaban J connectivity index is 1.24. The van der Waals surface area contributed by atoms with Gasteiger partial charge in [0.1, 0.15) is 18.1 Å². The van der Waals surface area contributed by atoms with Gasteiger partial charge in [-0.1, -0.05) is 66.2 Å². The van der Waals surface area contributed by atoms with Crippen molar-refractivity contribution in [3.8, 4) is 22.6 Å². The van der Waals surface area contributed by atoms with Crippen molar-refractivity contribution in [3.63, 3.8) is 0 Å². The van der Waals surface area contributed by atoms with E-state index in [-0.39, 0.29) is 12.5 Å². The summed E-state index contributed by atoms with van der Waals surface area (Å²) in [6, 6.07) is 31.6. The second kappa shape index (κ2) is 14.0. The minimum atomic E-state index is -0.755. The normalized spacial score (nSPS) is 11.3. The number of carbonyl (C=O) groups is 2. The zero-order valence-corrected chi connectivity index (χ0v) is 22.4. The number of esters is 1. The SMILES string of the molecule is CCOC(=O)C(Cc1ccc(OCCNC(=O)c2ccc(-c3ccc(Cl)cc3)cc2)cc1)Oc1ccccc1. The van der Waals surface area contributed by atoms with E-state index in [1.54, 1.807) is 31.2 Å². The third-order valence-corrected chi connectivity index (χ3v) is 6.15. The predicted octanol–water partition coefficient (Wildman–Crippen LogP) is 6.37. The van der Waals surface area contributed by atoms with E-state index in [0.29, 0.717) is 41.7 Å². The molecule has 0 aliphatic rings. The van der Waals surface area contributed by atoms with Crippen molar-refractivity contribution in [2.75, 3.05) is 19.8 Å². The van der Waals surface area contributed by atoms with Gasteiger partial charge in [0.2, 0.25) is 0 Å². The van der Waals surface area contributed by atoms with E-state index < -0.39 is 12.1 Å². The largest absolute Gasteiger partial charge is 0.492 e. The standard InChI is InChI=1S/C32H30ClNO5/c1-2-37-32(36)30(39-29-6-4-3-5-7-29)22-23-8-18-28(19-9-23)38-21-20-34-31(35)26-12-10-24(11-13-26)25-14-16-27(33)17-15-25/h3-19,30H,2,20-22H2,1H3,(H,34,35). The average Bonchev–Trinajstić information content (AvgIpc) is 2.97. The fourth-order valence-corrected chi connectivity index (χ4v) is 4.03. The number of benzene rings is 4. The Morgan fingerprint density at radius 2 is 1.44 bits per heavy atom. The zero-order valence-electron chi connectivity index (χ0n) is 21.6. The molecule has 1 atom stereocenters. The number of amides is 1. The summed E-state index contributed by atoms with van der Waals surface area (Å²) in [4.78, 5) is 24.9. The molecule has 1 unspecified atom stereocenters.